The molecule has 0 radical (unpaired) electrons. The van der Waals surface area contributed by atoms with Crippen LogP contribution in [0.3, 0.4) is 0 Å². The summed E-state index contributed by atoms with van der Waals surface area (Å²) in [4.78, 5) is 17.1. The third kappa shape index (κ3) is 3.35. The number of hydrogen-bond acceptors (Lipinski definition) is 5. The van der Waals surface area contributed by atoms with Gasteiger partial charge in [0.15, 0.2) is 0 Å². The van der Waals surface area contributed by atoms with Gasteiger partial charge in [0.05, 0.1) is 42.8 Å². The van der Waals surface area contributed by atoms with Gasteiger partial charge in [0.1, 0.15) is 11.4 Å². The molecule has 1 N–H and O–H groups in total. The second-order valence-corrected chi connectivity index (χ2v) is 6.86. The number of hydrogen-bond donors (Lipinski definition) is 1. The number of ether oxygens (including phenoxy) is 1. The standard InChI is InChI=1S/C19H22N4O3/c1-12-7-15(26-22-12)8-14-10-25-11-16(14)21-19(24)9-17-13(2)20-18-5-3-4-6-23(17)18/h3-7,14,16H,8-11H2,1-2H3,(H,21,24). The summed E-state index contributed by atoms with van der Waals surface area (Å²) in [6.45, 7) is 4.97. The molecule has 7 nitrogen and oxygen atoms in total. The summed E-state index contributed by atoms with van der Waals surface area (Å²) in [5, 5.41) is 7.04. The van der Waals surface area contributed by atoms with Crippen molar-refractivity contribution in [3.63, 3.8) is 0 Å². The van der Waals surface area contributed by atoms with Crippen LogP contribution >= 0.6 is 0 Å². The Morgan fingerprint density at radius 2 is 2.23 bits per heavy atom. The Bertz CT molecular complexity index is 930. The number of carbonyl (C=O) groups excluding carboxylic acids is 1. The van der Waals surface area contributed by atoms with Crippen molar-refractivity contribution in [2.75, 3.05) is 13.2 Å². The lowest BCUT2D eigenvalue weighted by molar-refractivity contribution is -0.121. The molecular formula is C19H22N4O3. The molecule has 0 bridgehead atoms. The molecule has 0 saturated carbocycles. The summed E-state index contributed by atoms with van der Waals surface area (Å²) in [7, 11) is 0. The number of aromatic nitrogens is 3. The third-order valence-corrected chi connectivity index (χ3v) is 4.84. The normalized spacial score (nSPS) is 19.9. The van der Waals surface area contributed by atoms with Crippen molar-refractivity contribution in [2.24, 2.45) is 5.92 Å². The van der Waals surface area contributed by atoms with Crippen LogP contribution in [0.2, 0.25) is 0 Å². The molecule has 4 rings (SSSR count). The lowest BCUT2D eigenvalue weighted by Crippen LogP contribution is -2.41. The molecule has 1 saturated heterocycles. The van der Waals surface area contributed by atoms with E-state index in [2.05, 4.69) is 15.5 Å². The molecule has 2 atom stereocenters. The van der Waals surface area contributed by atoms with E-state index >= 15 is 0 Å². The van der Waals surface area contributed by atoms with Gasteiger partial charge in [-0.25, -0.2) is 4.98 Å². The van der Waals surface area contributed by atoms with Crippen LogP contribution in [0.5, 0.6) is 0 Å². The average molecular weight is 354 g/mol. The SMILES string of the molecule is Cc1cc(CC2COCC2NC(=O)Cc2c(C)nc3ccccn23)on1. The molecule has 3 aromatic rings. The summed E-state index contributed by atoms with van der Waals surface area (Å²) in [6.07, 6.45) is 2.94. The first kappa shape index (κ1) is 16.8. The van der Waals surface area contributed by atoms with Crippen molar-refractivity contribution < 1.29 is 14.1 Å². The summed E-state index contributed by atoms with van der Waals surface area (Å²) < 4.78 is 12.9. The van der Waals surface area contributed by atoms with E-state index in [-0.39, 0.29) is 17.9 Å². The Hall–Kier alpha value is -2.67. The van der Waals surface area contributed by atoms with Crippen LogP contribution in [-0.2, 0) is 22.4 Å². The number of amides is 1. The first-order valence-corrected chi connectivity index (χ1v) is 8.82. The van der Waals surface area contributed by atoms with E-state index in [1.165, 1.54) is 0 Å². The smallest absolute Gasteiger partial charge is 0.226 e. The molecule has 7 heteroatoms. The van der Waals surface area contributed by atoms with E-state index in [0.29, 0.717) is 26.1 Å². The minimum absolute atomic E-state index is 0.0204. The second-order valence-electron chi connectivity index (χ2n) is 6.86. The van der Waals surface area contributed by atoms with Crippen molar-refractivity contribution in [3.05, 3.63) is 53.3 Å². The molecule has 1 amide bonds. The van der Waals surface area contributed by atoms with E-state index in [4.69, 9.17) is 9.26 Å². The van der Waals surface area contributed by atoms with Crippen molar-refractivity contribution >= 4 is 11.6 Å². The second kappa shape index (κ2) is 6.92. The molecule has 0 aliphatic carbocycles. The highest BCUT2D eigenvalue weighted by atomic mass is 16.5. The van der Waals surface area contributed by atoms with Crippen LogP contribution in [-0.4, -0.2) is 39.7 Å². The van der Waals surface area contributed by atoms with E-state index in [1.807, 2.05) is 48.7 Å². The monoisotopic (exact) mass is 354 g/mol. The lowest BCUT2D eigenvalue weighted by Gasteiger charge is -2.18. The van der Waals surface area contributed by atoms with Gasteiger partial charge in [-0.2, -0.15) is 0 Å². The summed E-state index contributed by atoms with van der Waals surface area (Å²) in [5.74, 6) is 0.998. The van der Waals surface area contributed by atoms with Crippen molar-refractivity contribution in [3.8, 4) is 0 Å². The van der Waals surface area contributed by atoms with Crippen molar-refractivity contribution in [1.29, 1.82) is 0 Å². The number of carbonyl (C=O) groups is 1. The molecule has 2 unspecified atom stereocenters. The van der Waals surface area contributed by atoms with E-state index in [1.54, 1.807) is 0 Å². The maximum absolute atomic E-state index is 12.6. The number of rotatable bonds is 5. The predicted octanol–water partition coefficient (Wildman–Crippen LogP) is 1.86. The Morgan fingerprint density at radius 1 is 1.35 bits per heavy atom. The molecule has 0 spiro atoms. The first-order chi connectivity index (χ1) is 12.6. The van der Waals surface area contributed by atoms with Gasteiger partial charge >= 0.3 is 0 Å². The van der Waals surface area contributed by atoms with Gasteiger partial charge in [0.2, 0.25) is 5.91 Å². The number of imidazole rings is 1. The first-order valence-electron chi connectivity index (χ1n) is 8.82. The van der Waals surface area contributed by atoms with Crippen LogP contribution in [0.15, 0.2) is 35.0 Å². The average Bonchev–Trinajstić information content (AvgIpc) is 3.30. The molecular weight excluding hydrogens is 332 g/mol. The zero-order chi connectivity index (χ0) is 18.1. The van der Waals surface area contributed by atoms with Gasteiger partial charge in [0, 0.05) is 24.6 Å². The fraction of sp³-hybridized carbons (Fsp3) is 0.421. The van der Waals surface area contributed by atoms with Gasteiger partial charge in [-0.3, -0.25) is 4.79 Å². The van der Waals surface area contributed by atoms with Crippen LogP contribution in [0.4, 0.5) is 0 Å². The van der Waals surface area contributed by atoms with E-state index in [0.717, 1.165) is 28.5 Å². The molecule has 0 aromatic carbocycles. The van der Waals surface area contributed by atoms with E-state index < -0.39 is 0 Å². The number of fused-ring (bicyclic) bond motifs is 1. The summed E-state index contributed by atoms with van der Waals surface area (Å²) in [6, 6.07) is 7.73. The largest absolute Gasteiger partial charge is 0.379 e. The molecule has 4 heterocycles. The maximum Gasteiger partial charge on any atom is 0.226 e. The fourth-order valence-corrected chi connectivity index (χ4v) is 3.52. The number of aryl methyl sites for hydroxylation is 2. The van der Waals surface area contributed by atoms with Crippen molar-refractivity contribution in [1.82, 2.24) is 19.9 Å². The Balaban J connectivity index is 1.43. The lowest BCUT2D eigenvalue weighted by atomic mass is 9.98. The van der Waals surface area contributed by atoms with E-state index in [9.17, 15) is 4.79 Å². The van der Waals surface area contributed by atoms with Gasteiger partial charge < -0.3 is 19.0 Å². The zero-order valence-electron chi connectivity index (χ0n) is 14.9. The van der Waals surface area contributed by atoms with Crippen LogP contribution in [0.1, 0.15) is 22.8 Å². The topological polar surface area (TPSA) is 81.7 Å². The zero-order valence-corrected chi connectivity index (χ0v) is 14.9. The molecule has 1 aliphatic rings. The van der Waals surface area contributed by atoms with Gasteiger partial charge in [-0.05, 0) is 26.0 Å². The highest BCUT2D eigenvalue weighted by Crippen LogP contribution is 2.20. The summed E-state index contributed by atoms with van der Waals surface area (Å²) >= 11 is 0. The van der Waals surface area contributed by atoms with Crippen LogP contribution in [0, 0.1) is 19.8 Å². The molecule has 3 aromatic heterocycles. The highest BCUT2D eigenvalue weighted by Gasteiger charge is 2.31. The highest BCUT2D eigenvalue weighted by molar-refractivity contribution is 5.79. The van der Waals surface area contributed by atoms with Crippen molar-refractivity contribution in [2.45, 2.75) is 32.7 Å². The molecule has 1 fully saturated rings. The molecule has 1 aliphatic heterocycles. The Morgan fingerprint density at radius 3 is 3.04 bits per heavy atom. The van der Waals surface area contributed by atoms with Crippen LogP contribution in [0.25, 0.3) is 5.65 Å². The minimum Gasteiger partial charge on any atom is -0.379 e. The minimum atomic E-state index is -0.0209. The number of pyridine rings is 1. The Kier molecular flexibility index (Phi) is 4.46. The summed E-state index contributed by atoms with van der Waals surface area (Å²) in [5.41, 5.74) is 3.51. The van der Waals surface area contributed by atoms with Gasteiger partial charge in [-0.15, -0.1) is 0 Å². The van der Waals surface area contributed by atoms with Gasteiger partial charge in [0.25, 0.3) is 0 Å². The van der Waals surface area contributed by atoms with Gasteiger partial charge in [-0.1, -0.05) is 11.2 Å². The quantitative estimate of drug-likeness (QED) is 0.756. The third-order valence-electron chi connectivity index (χ3n) is 4.84. The fourth-order valence-electron chi connectivity index (χ4n) is 3.52. The molecule has 26 heavy (non-hydrogen) atoms. The number of nitrogens with zero attached hydrogens (tertiary/aromatic N) is 3. The predicted molar refractivity (Wildman–Crippen MR) is 94.8 cm³/mol. The Labute approximate surface area is 151 Å². The molecule has 136 valence electrons. The van der Waals surface area contributed by atoms with Crippen LogP contribution < -0.4 is 5.32 Å². The maximum atomic E-state index is 12.6. The number of nitrogens with one attached hydrogen (secondary N) is 1.